The summed E-state index contributed by atoms with van der Waals surface area (Å²) < 4.78 is 5.73. The van der Waals surface area contributed by atoms with Crippen LogP contribution < -0.4 is 16.0 Å². The average Bonchev–Trinajstić information content (AvgIpc) is 3.44. The maximum absolute atomic E-state index is 13.9. The number of aromatic nitrogens is 1. The molecule has 10 heteroatoms. The van der Waals surface area contributed by atoms with Gasteiger partial charge in [-0.25, -0.2) is 4.98 Å². The second-order valence-electron chi connectivity index (χ2n) is 12.8. The molecule has 3 amide bonds. The molecule has 1 aromatic heterocycles. The molecule has 2 saturated heterocycles. The number of carbonyl (C=O) groups is 3. The summed E-state index contributed by atoms with van der Waals surface area (Å²) in [7, 11) is 0. The Morgan fingerprint density at radius 1 is 1.16 bits per heavy atom. The maximum Gasteiger partial charge on any atom is 0.242 e. The van der Waals surface area contributed by atoms with Crippen LogP contribution >= 0.6 is 11.3 Å². The van der Waals surface area contributed by atoms with E-state index in [4.69, 9.17) is 4.74 Å². The van der Waals surface area contributed by atoms with Gasteiger partial charge in [-0.15, -0.1) is 11.3 Å². The number of likely N-dealkylation sites (tertiary alicyclic amines) is 1. The normalized spacial score (nSPS) is 24.9. The van der Waals surface area contributed by atoms with Gasteiger partial charge in [0.2, 0.25) is 17.7 Å². The summed E-state index contributed by atoms with van der Waals surface area (Å²) in [5, 5.41) is 11.9. The van der Waals surface area contributed by atoms with Crippen molar-refractivity contribution in [2.75, 3.05) is 38.2 Å². The number of thiazole rings is 1. The molecule has 0 unspecified atom stereocenters. The fourth-order valence-corrected chi connectivity index (χ4v) is 7.05. The molecule has 1 aromatic carbocycles. The van der Waals surface area contributed by atoms with Gasteiger partial charge in [-0.05, 0) is 64.5 Å². The average molecular weight is 608 g/mol. The minimum absolute atomic E-state index is 0.0545. The van der Waals surface area contributed by atoms with Crippen LogP contribution in [-0.4, -0.2) is 72.5 Å². The van der Waals surface area contributed by atoms with Crippen molar-refractivity contribution in [3.8, 4) is 11.3 Å². The third kappa shape index (κ3) is 8.10. The number of nitrogens with zero attached hydrogens (tertiary/aromatic N) is 2. The van der Waals surface area contributed by atoms with Crippen LogP contribution in [0.25, 0.3) is 11.3 Å². The monoisotopic (exact) mass is 607 g/mol. The predicted octanol–water partition coefficient (Wildman–Crippen LogP) is 4.54. The van der Waals surface area contributed by atoms with Crippen LogP contribution in [0.15, 0.2) is 41.8 Å². The molecule has 4 heterocycles. The fourth-order valence-electron chi connectivity index (χ4n) is 6.31. The molecule has 1 spiro atoms. The third-order valence-corrected chi connectivity index (χ3v) is 9.76. The van der Waals surface area contributed by atoms with Gasteiger partial charge in [0.25, 0.3) is 0 Å². The van der Waals surface area contributed by atoms with Gasteiger partial charge in [0, 0.05) is 29.5 Å². The SMILES string of the molecule is Cc1ccc(-c2csc(NC(=O)CN3CCC4(CC=CC[C@H]5COCC[C@H]5NC(=O)[C@@H](CC(C)C)NC4=O)CC3)n2)cc1. The lowest BCUT2D eigenvalue weighted by Crippen LogP contribution is -2.57. The summed E-state index contributed by atoms with van der Waals surface area (Å²) >= 11 is 1.42. The lowest BCUT2D eigenvalue weighted by molar-refractivity contribution is -0.138. The van der Waals surface area contributed by atoms with E-state index >= 15 is 0 Å². The number of amides is 3. The quantitative estimate of drug-likeness (QED) is 0.416. The molecule has 0 saturated carbocycles. The number of hydrogen-bond donors (Lipinski definition) is 3. The zero-order chi connectivity index (χ0) is 30.4. The van der Waals surface area contributed by atoms with Crippen LogP contribution in [0.1, 0.15) is 57.9 Å². The van der Waals surface area contributed by atoms with E-state index in [1.54, 1.807) is 0 Å². The van der Waals surface area contributed by atoms with Gasteiger partial charge in [-0.2, -0.15) is 0 Å². The largest absolute Gasteiger partial charge is 0.381 e. The maximum atomic E-state index is 13.9. The molecule has 3 N–H and O–H groups in total. The molecule has 232 valence electrons. The van der Waals surface area contributed by atoms with Crippen molar-refractivity contribution in [1.29, 1.82) is 0 Å². The molecule has 2 fully saturated rings. The van der Waals surface area contributed by atoms with Crippen LogP contribution in [0.3, 0.4) is 0 Å². The second-order valence-corrected chi connectivity index (χ2v) is 13.7. The standard InChI is InChI=1S/C33H45N5O4S/c1-22(2)18-27-30(40)34-26-11-17-42-20-25(26)6-4-5-12-33(31(41)35-27)13-15-38(16-14-33)19-29(39)37-32-36-28(21-43-32)24-9-7-23(3)8-10-24/h4-5,7-10,21-22,25-27H,6,11-20H2,1-3H3,(H,34,40)(H,35,41)(H,36,37,39)/t25-,26+,27+/m0/s1. The highest BCUT2D eigenvalue weighted by Crippen LogP contribution is 2.37. The smallest absolute Gasteiger partial charge is 0.242 e. The topological polar surface area (TPSA) is 113 Å². The summed E-state index contributed by atoms with van der Waals surface area (Å²) in [5.74, 6) is 0.224. The summed E-state index contributed by atoms with van der Waals surface area (Å²) in [5.41, 5.74) is 2.44. The van der Waals surface area contributed by atoms with Gasteiger partial charge in [0.1, 0.15) is 6.04 Å². The van der Waals surface area contributed by atoms with E-state index in [-0.39, 0.29) is 42.1 Å². The number of carbonyl (C=O) groups excluding carboxylic acids is 3. The number of piperidine rings is 1. The van der Waals surface area contributed by atoms with Crippen molar-refractivity contribution in [2.24, 2.45) is 17.3 Å². The van der Waals surface area contributed by atoms with Crippen molar-refractivity contribution < 1.29 is 19.1 Å². The Labute approximate surface area is 258 Å². The number of anilines is 1. The van der Waals surface area contributed by atoms with Gasteiger partial charge < -0.3 is 20.7 Å². The first-order chi connectivity index (χ1) is 20.7. The van der Waals surface area contributed by atoms with Crippen molar-refractivity contribution in [1.82, 2.24) is 20.5 Å². The zero-order valence-corrected chi connectivity index (χ0v) is 26.4. The first-order valence-corrected chi connectivity index (χ1v) is 16.5. The highest BCUT2D eigenvalue weighted by molar-refractivity contribution is 7.14. The van der Waals surface area contributed by atoms with E-state index in [0.29, 0.717) is 57.1 Å². The number of hydrogen-bond acceptors (Lipinski definition) is 7. The Morgan fingerprint density at radius 2 is 1.93 bits per heavy atom. The lowest BCUT2D eigenvalue weighted by Gasteiger charge is -2.41. The minimum Gasteiger partial charge on any atom is -0.381 e. The van der Waals surface area contributed by atoms with E-state index in [0.717, 1.165) is 24.1 Å². The lowest BCUT2D eigenvalue weighted by atomic mass is 9.74. The summed E-state index contributed by atoms with van der Waals surface area (Å²) in [4.78, 5) is 46.9. The highest BCUT2D eigenvalue weighted by atomic mass is 32.1. The molecule has 5 rings (SSSR count). The number of fused-ring (bicyclic) bond motifs is 1. The molecule has 9 nitrogen and oxygen atoms in total. The third-order valence-electron chi connectivity index (χ3n) is 9.00. The molecule has 0 radical (unpaired) electrons. The summed E-state index contributed by atoms with van der Waals surface area (Å²) in [6, 6.07) is 7.66. The van der Waals surface area contributed by atoms with E-state index in [9.17, 15) is 14.4 Å². The first-order valence-electron chi connectivity index (χ1n) is 15.6. The van der Waals surface area contributed by atoms with E-state index in [1.807, 2.05) is 24.4 Å². The molecule has 2 aromatic rings. The predicted molar refractivity (Wildman–Crippen MR) is 170 cm³/mol. The molecular weight excluding hydrogens is 562 g/mol. The van der Waals surface area contributed by atoms with Crippen LogP contribution in [0.2, 0.25) is 0 Å². The van der Waals surface area contributed by atoms with Crippen LogP contribution in [0.4, 0.5) is 5.13 Å². The van der Waals surface area contributed by atoms with Crippen molar-refractivity contribution in [2.45, 2.75) is 71.4 Å². The molecule has 3 aliphatic heterocycles. The fraction of sp³-hybridized carbons (Fsp3) is 0.576. The Morgan fingerprint density at radius 3 is 2.67 bits per heavy atom. The molecule has 0 bridgehead atoms. The molecule has 43 heavy (non-hydrogen) atoms. The van der Waals surface area contributed by atoms with Gasteiger partial charge in [0.05, 0.1) is 24.3 Å². The van der Waals surface area contributed by atoms with Crippen LogP contribution in [0.5, 0.6) is 0 Å². The van der Waals surface area contributed by atoms with Gasteiger partial charge in [-0.3, -0.25) is 19.3 Å². The van der Waals surface area contributed by atoms with Crippen molar-refractivity contribution in [3.63, 3.8) is 0 Å². The molecule has 3 aliphatic rings. The summed E-state index contributed by atoms with van der Waals surface area (Å²) in [6.07, 6.45) is 8.34. The van der Waals surface area contributed by atoms with Gasteiger partial charge >= 0.3 is 0 Å². The Balaban J connectivity index is 1.21. The minimum atomic E-state index is -0.612. The van der Waals surface area contributed by atoms with Crippen molar-refractivity contribution in [3.05, 3.63) is 47.4 Å². The number of nitrogens with one attached hydrogen (secondary N) is 3. The number of ether oxygens (including phenoxy) is 1. The molecular formula is C33H45N5O4S. The number of allylic oxidation sites excluding steroid dienone is 2. The molecule has 0 aliphatic carbocycles. The van der Waals surface area contributed by atoms with E-state index in [1.165, 1.54) is 16.9 Å². The van der Waals surface area contributed by atoms with Crippen LogP contribution in [-0.2, 0) is 19.1 Å². The Bertz CT molecular complexity index is 1300. The van der Waals surface area contributed by atoms with Gasteiger partial charge in [-0.1, -0.05) is 55.8 Å². The number of aryl methyl sites for hydroxylation is 1. The van der Waals surface area contributed by atoms with E-state index in [2.05, 4.69) is 64.0 Å². The second kappa shape index (κ2) is 14.1. The van der Waals surface area contributed by atoms with E-state index < -0.39 is 11.5 Å². The van der Waals surface area contributed by atoms with Crippen LogP contribution in [0, 0.1) is 24.2 Å². The Kier molecular flexibility index (Phi) is 10.3. The molecule has 3 atom stereocenters. The zero-order valence-electron chi connectivity index (χ0n) is 25.6. The first kappa shape index (κ1) is 31.3. The summed E-state index contributed by atoms with van der Waals surface area (Å²) in [6.45, 7) is 8.96. The van der Waals surface area contributed by atoms with Gasteiger partial charge in [0.15, 0.2) is 5.13 Å². The number of benzene rings is 1. The highest BCUT2D eigenvalue weighted by Gasteiger charge is 2.42. The van der Waals surface area contributed by atoms with Crippen molar-refractivity contribution >= 4 is 34.2 Å². The Hall–Kier alpha value is -3.08. The number of rotatable bonds is 6.